The van der Waals surface area contributed by atoms with E-state index < -0.39 is 34.8 Å². The average Bonchev–Trinajstić information content (AvgIpc) is 3.02. The second-order valence-electron chi connectivity index (χ2n) is 5.40. The number of rotatable bonds is 6. The van der Waals surface area contributed by atoms with Gasteiger partial charge in [0.15, 0.2) is 10.9 Å². The Hall–Kier alpha value is -1.87. The first-order valence-electron chi connectivity index (χ1n) is 7.36. The van der Waals surface area contributed by atoms with Crippen molar-refractivity contribution in [2.45, 2.75) is 24.6 Å². The van der Waals surface area contributed by atoms with Crippen LogP contribution >= 0.6 is 23.5 Å². The number of nitrogens with zero attached hydrogens (tertiary/aromatic N) is 1. The summed E-state index contributed by atoms with van der Waals surface area (Å²) in [6.07, 6.45) is -0.306. The van der Waals surface area contributed by atoms with Crippen LogP contribution in [-0.2, 0) is 14.4 Å². The van der Waals surface area contributed by atoms with Crippen LogP contribution in [0.5, 0.6) is 0 Å². The molecule has 0 spiro atoms. The minimum atomic E-state index is -1.12. The quantitative estimate of drug-likeness (QED) is 0.749. The summed E-state index contributed by atoms with van der Waals surface area (Å²) < 4.78 is 13.3. The molecule has 9 heteroatoms. The van der Waals surface area contributed by atoms with Crippen LogP contribution in [0.15, 0.2) is 24.3 Å². The maximum Gasteiger partial charge on any atom is 0.327 e. The number of carboxylic acids is 1. The maximum atomic E-state index is 13.3. The highest BCUT2D eigenvalue weighted by Crippen LogP contribution is 2.27. The van der Waals surface area contributed by atoms with Gasteiger partial charge in [-0.25, -0.2) is 9.18 Å². The van der Waals surface area contributed by atoms with Crippen molar-refractivity contribution in [3.63, 3.8) is 0 Å². The lowest BCUT2D eigenvalue weighted by molar-refractivity contribution is -0.147. The van der Waals surface area contributed by atoms with Gasteiger partial charge in [-0.15, -0.1) is 11.8 Å². The molecule has 6 nitrogen and oxygen atoms in total. The van der Waals surface area contributed by atoms with Gasteiger partial charge in [0, 0.05) is 24.7 Å². The molecule has 1 saturated heterocycles. The Morgan fingerprint density at radius 3 is 2.72 bits per heavy atom. The molecular weight excluding hydrogens is 369 g/mol. The Balaban J connectivity index is 2.18. The minimum absolute atomic E-state index is 0.104. The number of amides is 1. The molecule has 1 heterocycles. The van der Waals surface area contributed by atoms with Gasteiger partial charge in [0.2, 0.25) is 5.91 Å². The first-order chi connectivity index (χ1) is 11.8. The van der Waals surface area contributed by atoms with E-state index in [2.05, 4.69) is 0 Å². The van der Waals surface area contributed by atoms with Gasteiger partial charge in [-0.2, -0.15) is 0 Å². The molecule has 1 amide bonds. The first-order valence-corrected chi connectivity index (χ1v) is 9.40. The van der Waals surface area contributed by atoms with E-state index in [0.29, 0.717) is 11.8 Å². The molecule has 0 aliphatic carbocycles. The number of halogens is 1. The normalized spacial score (nSPS) is 18.0. The number of aliphatic carboxylic acids is 1. The molecular formula is C16H16FNO5S2. The fourth-order valence-corrected chi connectivity index (χ4v) is 4.40. The molecule has 1 aliphatic heterocycles. The summed E-state index contributed by atoms with van der Waals surface area (Å²) in [5, 5.41) is 7.81. The van der Waals surface area contributed by atoms with Crippen molar-refractivity contribution < 1.29 is 28.7 Å². The summed E-state index contributed by atoms with van der Waals surface area (Å²) in [4.78, 5) is 48.9. The van der Waals surface area contributed by atoms with E-state index in [1.54, 1.807) is 0 Å². The van der Waals surface area contributed by atoms with Gasteiger partial charge >= 0.3 is 5.97 Å². The van der Waals surface area contributed by atoms with Crippen LogP contribution in [0.4, 0.5) is 4.39 Å². The number of hydrogen-bond acceptors (Lipinski definition) is 6. The number of Topliss-reactive ketones (excluding diaryl/α,β-unsaturated/α-hetero) is 1. The summed E-state index contributed by atoms with van der Waals surface area (Å²) in [5.41, 5.74) is 0.104. The van der Waals surface area contributed by atoms with Crippen molar-refractivity contribution in [3.8, 4) is 0 Å². The van der Waals surface area contributed by atoms with E-state index in [9.17, 15) is 28.7 Å². The Labute approximate surface area is 152 Å². The molecule has 1 aliphatic rings. The van der Waals surface area contributed by atoms with Gasteiger partial charge in [0.1, 0.15) is 11.9 Å². The van der Waals surface area contributed by atoms with Crippen molar-refractivity contribution in [3.05, 3.63) is 35.6 Å². The van der Waals surface area contributed by atoms with E-state index in [0.717, 1.165) is 6.07 Å². The topological polar surface area (TPSA) is 91.8 Å². The van der Waals surface area contributed by atoms with Crippen LogP contribution in [0.1, 0.15) is 23.7 Å². The molecule has 25 heavy (non-hydrogen) atoms. The molecule has 1 N–H and O–H groups in total. The van der Waals surface area contributed by atoms with Crippen molar-refractivity contribution in [2.75, 3.05) is 11.6 Å². The number of benzene rings is 1. The predicted molar refractivity (Wildman–Crippen MR) is 93.0 cm³/mol. The van der Waals surface area contributed by atoms with Crippen LogP contribution in [0.3, 0.4) is 0 Å². The van der Waals surface area contributed by atoms with Gasteiger partial charge in [0.05, 0.1) is 11.1 Å². The lowest BCUT2D eigenvalue weighted by Crippen LogP contribution is -2.46. The second kappa shape index (κ2) is 8.48. The molecule has 0 saturated carbocycles. The third-order valence-electron chi connectivity index (χ3n) is 3.55. The zero-order valence-corrected chi connectivity index (χ0v) is 14.9. The summed E-state index contributed by atoms with van der Waals surface area (Å²) in [5.74, 6) is -2.29. The first kappa shape index (κ1) is 19.5. The highest BCUT2D eigenvalue weighted by Gasteiger charge is 2.39. The van der Waals surface area contributed by atoms with Crippen LogP contribution in [0, 0.1) is 5.82 Å². The standard InChI is InChI=1S/C16H16FNO5S2/c1-9(19)25-14(6-13(20)10-3-2-4-11(17)5-10)15(21)18-8-24-7-12(18)16(22)23/h2-5,12,14H,6-8H2,1H3,(H,22,23)/t12-,14?/m0/s1. The largest absolute Gasteiger partial charge is 0.480 e. The van der Waals surface area contributed by atoms with Crippen molar-refractivity contribution in [1.29, 1.82) is 0 Å². The van der Waals surface area contributed by atoms with Gasteiger partial charge in [-0.1, -0.05) is 23.9 Å². The molecule has 134 valence electrons. The SMILES string of the molecule is CC(=O)SC(CC(=O)c1cccc(F)c1)C(=O)N1CSC[C@H]1C(=O)O. The molecule has 0 radical (unpaired) electrons. The highest BCUT2D eigenvalue weighted by molar-refractivity contribution is 8.14. The zero-order chi connectivity index (χ0) is 18.6. The van der Waals surface area contributed by atoms with Crippen LogP contribution in [0.25, 0.3) is 0 Å². The predicted octanol–water partition coefficient (Wildman–Crippen LogP) is 2.03. The third-order valence-corrected chi connectivity index (χ3v) is 5.55. The Kier molecular flexibility index (Phi) is 6.60. The summed E-state index contributed by atoms with van der Waals surface area (Å²) >= 11 is 1.98. The molecule has 2 atom stereocenters. The smallest absolute Gasteiger partial charge is 0.327 e. The summed E-state index contributed by atoms with van der Waals surface area (Å²) in [6, 6.07) is 4.10. The number of carboxylic acid groups (broad SMARTS) is 1. The van der Waals surface area contributed by atoms with E-state index in [4.69, 9.17) is 0 Å². The average molecular weight is 385 g/mol. The Morgan fingerprint density at radius 2 is 2.12 bits per heavy atom. The molecule has 1 fully saturated rings. The van der Waals surface area contributed by atoms with Crippen molar-refractivity contribution >= 4 is 46.3 Å². The monoisotopic (exact) mass is 385 g/mol. The number of carbonyl (C=O) groups is 4. The van der Waals surface area contributed by atoms with Gasteiger partial charge in [0.25, 0.3) is 0 Å². The molecule has 1 unspecified atom stereocenters. The fourth-order valence-electron chi connectivity index (χ4n) is 2.38. The lowest BCUT2D eigenvalue weighted by atomic mass is 10.1. The molecule has 0 aromatic heterocycles. The van der Waals surface area contributed by atoms with Gasteiger partial charge < -0.3 is 10.0 Å². The van der Waals surface area contributed by atoms with Crippen LogP contribution in [0.2, 0.25) is 0 Å². The Morgan fingerprint density at radius 1 is 1.40 bits per heavy atom. The van der Waals surface area contributed by atoms with E-state index in [1.807, 2.05) is 0 Å². The molecule has 0 bridgehead atoms. The fraction of sp³-hybridized carbons (Fsp3) is 0.375. The molecule has 2 rings (SSSR count). The second-order valence-corrected chi connectivity index (χ2v) is 7.78. The number of carbonyl (C=O) groups excluding carboxylic acids is 3. The molecule has 1 aromatic rings. The van der Waals surface area contributed by atoms with Crippen molar-refractivity contribution in [1.82, 2.24) is 4.90 Å². The number of hydrogen-bond donors (Lipinski definition) is 1. The van der Waals surface area contributed by atoms with Gasteiger partial charge in [-0.3, -0.25) is 14.4 Å². The Bertz CT molecular complexity index is 712. The zero-order valence-electron chi connectivity index (χ0n) is 13.3. The number of thioether (sulfide) groups is 2. The highest BCUT2D eigenvalue weighted by atomic mass is 32.2. The van der Waals surface area contributed by atoms with Crippen LogP contribution in [-0.4, -0.2) is 55.7 Å². The number of ketones is 1. The summed E-state index contributed by atoms with van der Waals surface area (Å²) in [6.45, 7) is 1.27. The van der Waals surface area contributed by atoms with Crippen LogP contribution < -0.4 is 0 Å². The van der Waals surface area contributed by atoms with E-state index >= 15 is 0 Å². The summed E-state index contributed by atoms with van der Waals surface area (Å²) in [7, 11) is 0. The van der Waals surface area contributed by atoms with Crippen molar-refractivity contribution in [2.24, 2.45) is 0 Å². The third kappa shape index (κ3) is 5.05. The minimum Gasteiger partial charge on any atom is -0.480 e. The maximum absolute atomic E-state index is 13.3. The lowest BCUT2D eigenvalue weighted by Gasteiger charge is -2.25. The molecule has 1 aromatic carbocycles. The van der Waals surface area contributed by atoms with Gasteiger partial charge in [-0.05, 0) is 12.1 Å². The van der Waals surface area contributed by atoms with E-state index in [-0.39, 0.29) is 28.7 Å². The van der Waals surface area contributed by atoms with E-state index in [1.165, 1.54) is 41.8 Å².